The Morgan fingerprint density at radius 3 is 1.27 bits per heavy atom. The SMILES string of the molecule is CCCCCCCCCCCC(=O)OC[C@H](COP(=O)(O)OCCNC(=O)CN1CCN(CC(=O)O)CCN(CC(=O)O)CCN(CC(=O)O)CC1)OC(=O)CCCCCCCCCCC. The minimum absolute atomic E-state index is 0.137. The minimum Gasteiger partial charge on any atom is -0.480 e. The van der Waals surface area contributed by atoms with Gasteiger partial charge in [0.2, 0.25) is 5.91 Å². The number of esters is 2. The minimum atomic E-state index is -4.73. The summed E-state index contributed by atoms with van der Waals surface area (Å²) < 4.78 is 34.0. The summed E-state index contributed by atoms with van der Waals surface area (Å²) in [6.45, 7) is 3.57. The van der Waals surface area contributed by atoms with E-state index in [2.05, 4.69) is 19.2 Å². The molecule has 384 valence electrons. The molecule has 1 saturated heterocycles. The molecule has 1 amide bonds. The maximum Gasteiger partial charge on any atom is 0.472 e. The number of amides is 1. The quantitative estimate of drug-likeness (QED) is 0.0309. The summed E-state index contributed by atoms with van der Waals surface area (Å²) in [4.78, 5) is 90.0. The summed E-state index contributed by atoms with van der Waals surface area (Å²) in [7, 11) is -4.73. The van der Waals surface area contributed by atoms with Gasteiger partial charge in [-0.2, -0.15) is 0 Å². The predicted molar refractivity (Wildman–Crippen MR) is 248 cm³/mol. The van der Waals surface area contributed by atoms with Gasteiger partial charge >= 0.3 is 37.7 Å². The second-order valence-corrected chi connectivity index (χ2v) is 18.6. The standard InChI is InChI=1S/C45H84N5O15P/c1-3-5-7-9-11-13-15-17-19-21-44(58)62-37-39(65-45(59)22-20-18-16-14-12-10-8-6-4-2)38-64-66(60,61)63-32-23-46-40(51)33-47-24-26-48(34-41(52)53)28-30-50(36-43(56)57)31-29-49(27-25-47)35-42(54)55/h39H,3-38H2,1-2H3,(H,46,51)(H,52,53)(H,54,55)(H,56,57)(H,60,61)/t39-/m1/s1. The fraction of sp³-hybridized carbons (Fsp3) is 0.867. The van der Waals surface area contributed by atoms with Crippen LogP contribution in [0.15, 0.2) is 0 Å². The van der Waals surface area contributed by atoms with Crippen molar-refractivity contribution in [2.75, 3.05) is 105 Å². The first-order chi connectivity index (χ1) is 31.6. The number of rotatable bonds is 38. The van der Waals surface area contributed by atoms with Crippen molar-refractivity contribution in [1.29, 1.82) is 0 Å². The number of nitrogens with one attached hydrogen (secondary N) is 1. The molecule has 0 bridgehead atoms. The lowest BCUT2D eigenvalue weighted by atomic mass is 10.1. The van der Waals surface area contributed by atoms with E-state index in [-0.39, 0.29) is 105 Å². The highest BCUT2D eigenvalue weighted by Crippen LogP contribution is 2.43. The monoisotopic (exact) mass is 966 g/mol. The smallest absolute Gasteiger partial charge is 0.472 e. The number of hydrogen-bond acceptors (Lipinski definition) is 15. The Morgan fingerprint density at radius 1 is 0.515 bits per heavy atom. The van der Waals surface area contributed by atoms with Crippen molar-refractivity contribution in [3.63, 3.8) is 0 Å². The number of carboxylic acid groups (broad SMARTS) is 3. The van der Waals surface area contributed by atoms with E-state index in [0.29, 0.717) is 12.8 Å². The molecule has 1 unspecified atom stereocenters. The summed E-state index contributed by atoms with van der Waals surface area (Å²) in [6, 6.07) is 0. The van der Waals surface area contributed by atoms with Crippen LogP contribution in [0.25, 0.3) is 0 Å². The van der Waals surface area contributed by atoms with E-state index >= 15 is 0 Å². The maximum atomic E-state index is 13.0. The third-order valence-corrected chi connectivity index (χ3v) is 12.2. The van der Waals surface area contributed by atoms with Gasteiger partial charge in [-0.3, -0.25) is 57.4 Å². The van der Waals surface area contributed by atoms with Gasteiger partial charge in [0.05, 0.1) is 39.4 Å². The van der Waals surface area contributed by atoms with E-state index in [9.17, 15) is 53.5 Å². The number of hydrogen-bond donors (Lipinski definition) is 5. The van der Waals surface area contributed by atoms with Crippen LogP contribution in [0.1, 0.15) is 142 Å². The van der Waals surface area contributed by atoms with E-state index in [0.717, 1.165) is 44.9 Å². The number of carbonyl (C=O) groups is 6. The van der Waals surface area contributed by atoms with Crippen LogP contribution in [-0.4, -0.2) is 187 Å². The number of aliphatic carboxylic acids is 3. The average Bonchev–Trinajstić information content (AvgIpc) is 3.25. The second kappa shape index (κ2) is 38.7. The van der Waals surface area contributed by atoms with Crippen LogP contribution in [0.2, 0.25) is 0 Å². The highest BCUT2D eigenvalue weighted by molar-refractivity contribution is 7.47. The molecule has 0 saturated carbocycles. The number of nitrogens with zero attached hydrogens (tertiary/aromatic N) is 4. The van der Waals surface area contributed by atoms with Crippen molar-refractivity contribution < 1.29 is 72.1 Å². The lowest BCUT2D eigenvalue weighted by Gasteiger charge is -2.32. The van der Waals surface area contributed by atoms with Crippen LogP contribution >= 0.6 is 7.82 Å². The van der Waals surface area contributed by atoms with Gasteiger partial charge in [0.15, 0.2) is 6.10 Å². The van der Waals surface area contributed by atoms with Crippen molar-refractivity contribution in [2.24, 2.45) is 0 Å². The molecule has 66 heavy (non-hydrogen) atoms. The molecule has 0 aliphatic carbocycles. The Bertz CT molecular complexity index is 1380. The molecular formula is C45H84N5O15P. The van der Waals surface area contributed by atoms with Gasteiger partial charge in [0.1, 0.15) is 6.61 Å². The Hall–Kier alpha value is -3.23. The van der Waals surface area contributed by atoms with Crippen molar-refractivity contribution in [1.82, 2.24) is 24.9 Å². The number of ether oxygens (including phenoxy) is 2. The molecule has 21 heteroatoms. The zero-order chi connectivity index (χ0) is 48.8. The number of carboxylic acids is 3. The maximum absolute atomic E-state index is 13.0. The molecule has 1 fully saturated rings. The van der Waals surface area contributed by atoms with Crippen LogP contribution in [-0.2, 0) is 51.9 Å². The summed E-state index contributed by atoms with van der Waals surface area (Å²) in [5.74, 6) is -4.69. The Balaban J connectivity index is 2.73. The van der Waals surface area contributed by atoms with Crippen LogP contribution in [0.5, 0.6) is 0 Å². The van der Waals surface area contributed by atoms with Crippen LogP contribution in [0.3, 0.4) is 0 Å². The van der Waals surface area contributed by atoms with Crippen LogP contribution in [0, 0.1) is 0 Å². The third kappa shape index (κ3) is 35.9. The molecule has 0 radical (unpaired) electrons. The summed E-state index contributed by atoms with van der Waals surface area (Å²) in [6.07, 6.45) is 18.6. The lowest BCUT2D eigenvalue weighted by Crippen LogP contribution is -2.50. The molecular weight excluding hydrogens is 881 g/mol. The number of carbonyl (C=O) groups excluding carboxylic acids is 3. The van der Waals surface area contributed by atoms with Crippen molar-refractivity contribution in [2.45, 2.75) is 148 Å². The van der Waals surface area contributed by atoms with Gasteiger partial charge in [-0.1, -0.05) is 117 Å². The van der Waals surface area contributed by atoms with Gasteiger partial charge in [0, 0.05) is 71.7 Å². The van der Waals surface area contributed by atoms with Gasteiger partial charge in [-0.25, -0.2) is 4.57 Å². The highest BCUT2D eigenvalue weighted by atomic mass is 31.2. The average molecular weight is 966 g/mol. The van der Waals surface area contributed by atoms with E-state index < -0.39 is 62.9 Å². The summed E-state index contributed by atoms with van der Waals surface area (Å²) in [5, 5.41) is 30.9. The molecule has 0 aromatic rings. The first kappa shape index (κ1) is 60.8. The second-order valence-electron chi connectivity index (χ2n) is 17.2. The van der Waals surface area contributed by atoms with Crippen molar-refractivity contribution >= 4 is 43.6 Å². The van der Waals surface area contributed by atoms with E-state index in [1.165, 1.54) is 57.8 Å². The largest absolute Gasteiger partial charge is 0.480 e. The molecule has 0 aromatic heterocycles. The zero-order valence-corrected chi connectivity index (χ0v) is 40.9. The Morgan fingerprint density at radius 2 is 0.879 bits per heavy atom. The lowest BCUT2D eigenvalue weighted by molar-refractivity contribution is -0.161. The predicted octanol–water partition coefficient (Wildman–Crippen LogP) is 5.01. The van der Waals surface area contributed by atoms with Gasteiger partial charge in [-0.05, 0) is 12.8 Å². The number of phosphoric ester groups is 1. The topological polar surface area (TPSA) is 262 Å². The fourth-order valence-corrected chi connectivity index (χ4v) is 8.14. The normalized spacial score (nSPS) is 16.3. The van der Waals surface area contributed by atoms with Crippen LogP contribution < -0.4 is 5.32 Å². The van der Waals surface area contributed by atoms with Gasteiger partial charge in [-0.15, -0.1) is 0 Å². The van der Waals surface area contributed by atoms with Gasteiger partial charge in [0.25, 0.3) is 0 Å². The fourth-order valence-electron chi connectivity index (χ4n) is 7.39. The number of phosphoric acid groups is 1. The molecule has 1 heterocycles. The summed E-state index contributed by atoms with van der Waals surface area (Å²) >= 11 is 0. The van der Waals surface area contributed by atoms with E-state index in [1.807, 2.05) is 0 Å². The number of unbranched alkanes of at least 4 members (excludes halogenated alkanes) is 16. The first-order valence-corrected chi connectivity index (χ1v) is 25.9. The molecule has 1 rings (SSSR count). The molecule has 0 aromatic carbocycles. The molecule has 2 atom stereocenters. The molecule has 5 N–H and O–H groups in total. The molecule has 20 nitrogen and oxygen atoms in total. The Labute approximate surface area is 393 Å². The molecule has 1 aliphatic rings. The van der Waals surface area contributed by atoms with E-state index in [1.54, 1.807) is 19.6 Å². The zero-order valence-electron chi connectivity index (χ0n) is 40.0. The van der Waals surface area contributed by atoms with Gasteiger partial charge < -0.3 is 35.0 Å². The van der Waals surface area contributed by atoms with Crippen LogP contribution in [0.4, 0.5) is 0 Å². The van der Waals surface area contributed by atoms with Crippen molar-refractivity contribution in [3.8, 4) is 0 Å². The molecule has 0 spiro atoms. The van der Waals surface area contributed by atoms with E-state index in [4.69, 9.17) is 18.5 Å². The summed E-state index contributed by atoms with van der Waals surface area (Å²) in [5.41, 5.74) is 0. The first-order valence-electron chi connectivity index (χ1n) is 24.4. The molecule has 1 aliphatic heterocycles. The highest BCUT2D eigenvalue weighted by Gasteiger charge is 2.27. The van der Waals surface area contributed by atoms with Crippen molar-refractivity contribution in [3.05, 3.63) is 0 Å². The Kier molecular flexibility index (Phi) is 35.6. The third-order valence-electron chi connectivity index (χ3n) is 11.2.